The van der Waals surface area contributed by atoms with Crippen molar-refractivity contribution in [2.24, 2.45) is 16.2 Å². The van der Waals surface area contributed by atoms with E-state index in [0.717, 1.165) is 0 Å². The average molecular weight is 240 g/mol. The second-order valence-corrected chi connectivity index (χ2v) is 8.74. The molecule has 0 saturated heterocycles. The van der Waals surface area contributed by atoms with Crippen LogP contribution in [0.15, 0.2) is 0 Å². The standard InChI is InChI=1S/C17H36/c1-9-10-11-12-17(8,13-15(2,3)4)14-16(5,6)7/h9-14H2,1-8H3. The summed E-state index contributed by atoms with van der Waals surface area (Å²) in [4.78, 5) is 0. The maximum atomic E-state index is 2.51. The highest BCUT2D eigenvalue weighted by Crippen LogP contribution is 2.45. The second-order valence-electron chi connectivity index (χ2n) is 8.74. The molecule has 0 heterocycles. The SMILES string of the molecule is CCCCCC(C)(CC(C)(C)C)CC(C)(C)C. The van der Waals surface area contributed by atoms with Crippen molar-refractivity contribution in [1.29, 1.82) is 0 Å². The first-order valence-electron chi connectivity index (χ1n) is 7.47. The molecule has 0 fully saturated rings. The molecular formula is C17H36. The van der Waals surface area contributed by atoms with Crippen LogP contribution in [0.25, 0.3) is 0 Å². The van der Waals surface area contributed by atoms with Gasteiger partial charge in [-0.1, -0.05) is 74.7 Å². The predicted molar refractivity (Wildman–Crippen MR) is 80.4 cm³/mol. The number of unbranched alkanes of at least 4 members (excludes halogenated alkanes) is 2. The van der Waals surface area contributed by atoms with Gasteiger partial charge < -0.3 is 0 Å². The Bertz CT molecular complexity index is 183. The van der Waals surface area contributed by atoms with Crippen LogP contribution in [0.3, 0.4) is 0 Å². The lowest BCUT2D eigenvalue weighted by molar-refractivity contribution is 0.110. The zero-order valence-electron chi connectivity index (χ0n) is 13.7. The molecule has 0 aromatic carbocycles. The fraction of sp³-hybridized carbons (Fsp3) is 1.00. The molecule has 0 spiro atoms. The summed E-state index contributed by atoms with van der Waals surface area (Å²) in [7, 11) is 0. The van der Waals surface area contributed by atoms with E-state index in [2.05, 4.69) is 55.4 Å². The van der Waals surface area contributed by atoms with E-state index in [1.807, 2.05) is 0 Å². The van der Waals surface area contributed by atoms with Crippen LogP contribution in [0.4, 0.5) is 0 Å². The third-order valence-electron chi connectivity index (χ3n) is 3.30. The maximum absolute atomic E-state index is 2.51. The zero-order valence-corrected chi connectivity index (χ0v) is 13.7. The van der Waals surface area contributed by atoms with Gasteiger partial charge in [-0.3, -0.25) is 0 Å². The lowest BCUT2D eigenvalue weighted by Gasteiger charge is -2.40. The van der Waals surface area contributed by atoms with E-state index in [1.54, 1.807) is 0 Å². The second kappa shape index (κ2) is 6.25. The molecule has 0 nitrogen and oxygen atoms in total. The van der Waals surface area contributed by atoms with Crippen LogP contribution in [-0.4, -0.2) is 0 Å². The van der Waals surface area contributed by atoms with Crippen LogP contribution >= 0.6 is 0 Å². The number of hydrogen-bond acceptors (Lipinski definition) is 0. The molecule has 0 bridgehead atoms. The predicted octanol–water partition coefficient (Wildman–Crippen LogP) is 6.45. The van der Waals surface area contributed by atoms with Gasteiger partial charge in [-0.15, -0.1) is 0 Å². The smallest absolute Gasteiger partial charge is 0.0316 e. The molecule has 0 aromatic heterocycles. The molecule has 104 valence electrons. The molecule has 0 heteroatoms. The first kappa shape index (κ1) is 17.0. The van der Waals surface area contributed by atoms with Gasteiger partial charge >= 0.3 is 0 Å². The Balaban J connectivity index is 4.57. The van der Waals surface area contributed by atoms with Gasteiger partial charge in [-0.25, -0.2) is 0 Å². The van der Waals surface area contributed by atoms with Gasteiger partial charge in [0.1, 0.15) is 0 Å². The van der Waals surface area contributed by atoms with Gasteiger partial charge in [-0.05, 0) is 35.5 Å². The summed E-state index contributed by atoms with van der Waals surface area (Å²) in [5.74, 6) is 0. The highest BCUT2D eigenvalue weighted by Gasteiger charge is 2.33. The molecule has 0 atom stereocenters. The van der Waals surface area contributed by atoms with Crippen molar-refractivity contribution in [2.75, 3.05) is 0 Å². The van der Waals surface area contributed by atoms with Crippen molar-refractivity contribution in [1.82, 2.24) is 0 Å². The summed E-state index contributed by atoms with van der Waals surface area (Å²) in [5.41, 5.74) is 1.42. The van der Waals surface area contributed by atoms with Crippen molar-refractivity contribution in [2.45, 2.75) is 93.9 Å². The number of hydrogen-bond donors (Lipinski definition) is 0. The Morgan fingerprint density at radius 2 is 1.06 bits per heavy atom. The molecular weight excluding hydrogens is 204 g/mol. The molecule has 0 saturated carbocycles. The monoisotopic (exact) mass is 240 g/mol. The minimum Gasteiger partial charge on any atom is -0.0654 e. The van der Waals surface area contributed by atoms with Crippen LogP contribution in [0.2, 0.25) is 0 Å². The van der Waals surface area contributed by atoms with E-state index in [1.165, 1.54) is 38.5 Å². The van der Waals surface area contributed by atoms with Gasteiger partial charge in [0.05, 0.1) is 0 Å². The van der Waals surface area contributed by atoms with Crippen LogP contribution < -0.4 is 0 Å². The third kappa shape index (κ3) is 9.68. The summed E-state index contributed by atoms with van der Waals surface area (Å²) >= 11 is 0. The van der Waals surface area contributed by atoms with Crippen molar-refractivity contribution >= 4 is 0 Å². The van der Waals surface area contributed by atoms with E-state index in [-0.39, 0.29) is 0 Å². The Kier molecular flexibility index (Phi) is 6.25. The largest absolute Gasteiger partial charge is 0.0654 e. The quantitative estimate of drug-likeness (QED) is 0.468. The average Bonchev–Trinajstić information content (AvgIpc) is 1.96. The van der Waals surface area contributed by atoms with E-state index >= 15 is 0 Å². The summed E-state index contributed by atoms with van der Waals surface area (Å²) in [6.07, 6.45) is 8.22. The molecule has 0 rings (SSSR count). The minimum atomic E-state index is 0.451. The first-order valence-corrected chi connectivity index (χ1v) is 7.47. The lowest BCUT2D eigenvalue weighted by atomic mass is 9.65. The summed E-state index contributed by atoms with van der Waals surface area (Å²) in [6.45, 7) is 19.1. The molecule has 0 aromatic rings. The van der Waals surface area contributed by atoms with Crippen molar-refractivity contribution < 1.29 is 0 Å². The van der Waals surface area contributed by atoms with Gasteiger partial charge in [0.2, 0.25) is 0 Å². The normalized spacial score (nSPS) is 14.1. The minimum absolute atomic E-state index is 0.451. The molecule has 0 aliphatic carbocycles. The molecule has 17 heavy (non-hydrogen) atoms. The molecule has 0 N–H and O–H groups in total. The molecule has 0 amide bonds. The van der Waals surface area contributed by atoms with Crippen LogP contribution in [0, 0.1) is 16.2 Å². The Labute approximate surface area is 111 Å². The van der Waals surface area contributed by atoms with E-state index in [9.17, 15) is 0 Å². The molecule has 0 radical (unpaired) electrons. The first-order chi connectivity index (χ1) is 7.47. The fourth-order valence-electron chi connectivity index (χ4n) is 3.60. The zero-order chi connectivity index (χ0) is 13.7. The molecule has 0 unspecified atom stereocenters. The fourth-order valence-corrected chi connectivity index (χ4v) is 3.60. The Hall–Kier alpha value is 0. The van der Waals surface area contributed by atoms with Crippen molar-refractivity contribution in [3.05, 3.63) is 0 Å². The van der Waals surface area contributed by atoms with Gasteiger partial charge in [-0.2, -0.15) is 0 Å². The third-order valence-corrected chi connectivity index (χ3v) is 3.30. The van der Waals surface area contributed by atoms with E-state index < -0.39 is 0 Å². The summed E-state index contributed by atoms with van der Waals surface area (Å²) < 4.78 is 0. The molecule has 0 aliphatic heterocycles. The van der Waals surface area contributed by atoms with Crippen molar-refractivity contribution in [3.63, 3.8) is 0 Å². The van der Waals surface area contributed by atoms with Gasteiger partial charge in [0.25, 0.3) is 0 Å². The van der Waals surface area contributed by atoms with Crippen LogP contribution in [0.5, 0.6) is 0 Å². The lowest BCUT2D eigenvalue weighted by Crippen LogP contribution is -2.28. The van der Waals surface area contributed by atoms with E-state index in [4.69, 9.17) is 0 Å². The Morgan fingerprint density at radius 1 is 0.647 bits per heavy atom. The van der Waals surface area contributed by atoms with Crippen molar-refractivity contribution in [3.8, 4) is 0 Å². The van der Waals surface area contributed by atoms with Crippen LogP contribution in [0.1, 0.15) is 93.9 Å². The van der Waals surface area contributed by atoms with Gasteiger partial charge in [0.15, 0.2) is 0 Å². The molecule has 0 aliphatic rings. The summed E-state index contributed by atoms with van der Waals surface area (Å²) in [6, 6.07) is 0. The maximum Gasteiger partial charge on any atom is -0.0316 e. The van der Waals surface area contributed by atoms with Gasteiger partial charge in [0, 0.05) is 0 Å². The highest BCUT2D eigenvalue weighted by molar-refractivity contribution is 4.84. The topological polar surface area (TPSA) is 0 Å². The van der Waals surface area contributed by atoms with E-state index in [0.29, 0.717) is 16.2 Å². The number of rotatable bonds is 6. The summed E-state index contributed by atoms with van der Waals surface area (Å²) in [5, 5.41) is 0. The highest BCUT2D eigenvalue weighted by atomic mass is 14.4. The Morgan fingerprint density at radius 3 is 1.35 bits per heavy atom. The van der Waals surface area contributed by atoms with Crippen LogP contribution in [-0.2, 0) is 0 Å².